The molecule has 104 valence electrons. The molecule has 0 heterocycles. The van der Waals surface area contributed by atoms with Gasteiger partial charge in [-0.3, -0.25) is 14.9 Å². The van der Waals surface area contributed by atoms with E-state index < -0.39 is 4.92 Å². The number of nitro benzene ring substituents is 1. The van der Waals surface area contributed by atoms with E-state index in [-0.39, 0.29) is 18.1 Å². The summed E-state index contributed by atoms with van der Waals surface area (Å²) in [6.07, 6.45) is 0.204. The Morgan fingerprint density at radius 3 is 2.74 bits per heavy atom. The van der Waals surface area contributed by atoms with Crippen molar-refractivity contribution in [3.8, 4) is 0 Å². The number of esters is 1. The molecule has 1 rings (SSSR count). The first-order valence-electron chi connectivity index (χ1n) is 6.07. The van der Waals surface area contributed by atoms with Crippen molar-refractivity contribution in [2.75, 3.05) is 25.1 Å². The van der Waals surface area contributed by atoms with Crippen LogP contribution in [0.3, 0.4) is 0 Å². The topological polar surface area (TPSA) is 72.7 Å². The van der Waals surface area contributed by atoms with Gasteiger partial charge in [-0.25, -0.2) is 0 Å². The smallest absolute Gasteiger partial charge is 0.307 e. The fourth-order valence-corrected chi connectivity index (χ4v) is 1.72. The largest absolute Gasteiger partial charge is 0.466 e. The Labute approximate surface area is 112 Å². The quantitative estimate of drug-likeness (QED) is 0.448. The second kappa shape index (κ2) is 6.72. The van der Waals surface area contributed by atoms with Crippen molar-refractivity contribution in [3.63, 3.8) is 0 Å². The van der Waals surface area contributed by atoms with Gasteiger partial charge in [-0.2, -0.15) is 0 Å². The Morgan fingerprint density at radius 1 is 1.47 bits per heavy atom. The molecule has 19 heavy (non-hydrogen) atoms. The van der Waals surface area contributed by atoms with Gasteiger partial charge in [0.2, 0.25) is 0 Å². The number of ether oxygens (including phenoxy) is 1. The Bertz CT molecular complexity index is 474. The standard InChI is InChI=1S/C13H18N2O4/c1-4-19-13(16)7-8-14(3)11-6-5-10(2)9-12(11)15(17)18/h5-6,9H,4,7-8H2,1-3H3. The molecule has 0 saturated heterocycles. The fourth-order valence-electron chi connectivity index (χ4n) is 1.72. The predicted molar refractivity (Wildman–Crippen MR) is 72.4 cm³/mol. The van der Waals surface area contributed by atoms with Crippen LogP contribution in [-0.4, -0.2) is 31.1 Å². The van der Waals surface area contributed by atoms with Crippen LogP contribution in [0.15, 0.2) is 18.2 Å². The molecule has 0 aliphatic heterocycles. The second-order valence-electron chi connectivity index (χ2n) is 4.23. The van der Waals surface area contributed by atoms with E-state index in [9.17, 15) is 14.9 Å². The van der Waals surface area contributed by atoms with Crippen molar-refractivity contribution >= 4 is 17.3 Å². The highest BCUT2D eigenvalue weighted by molar-refractivity contribution is 5.71. The molecule has 6 heteroatoms. The lowest BCUT2D eigenvalue weighted by molar-refractivity contribution is -0.384. The predicted octanol–water partition coefficient (Wildman–Crippen LogP) is 2.29. The zero-order valence-corrected chi connectivity index (χ0v) is 11.4. The molecule has 6 nitrogen and oxygen atoms in total. The van der Waals surface area contributed by atoms with Crippen molar-refractivity contribution in [3.05, 3.63) is 33.9 Å². The summed E-state index contributed by atoms with van der Waals surface area (Å²) in [5.41, 5.74) is 1.38. The number of anilines is 1. The number of carbonyl (C=O) groups excluding carboxylic acids is 1. The summed E-state index contributed by atoms with van der Waals surface area (Å²) in [6.45, 7) is 4.26. The molecule has 0 unspecified atom stereocenters. The Hall–Kier alpha value is -2.11. The van der Waals surface area contributed by atoms with Crippen LogP contribution >= 0.6 is 0 Å². The Balaban J connectivity index is 2.79. The molecule has 0 bridgehead atoms. The first-order valence-corrected chi connectivity index (χ1v) is 6.07. The SMILES string of the molecule is CCOC(=O)CCN(C)c1ccc(C)cc1[N+](=O)[O-]. The van der Waals surface area contributed by atoms with E-state index in [0.29, 0.717) is 18.8 Å². The van der Waals surface area contributed by atoms with Gasteiger partial charge in [0.25, 0.3) is 5.69 Å². The molecule has 0 aliphatic carbocycles. The number of benzene rings is 1. The molecular weight excluding hydrogens is 248 g/mol. The first kappa shape index (κ1) is 14.9. The van der Waals surface area contributed by atoms with Crippen molar-refractivity contribution in [1.29, 1.82) is 0 Å². The molecule has 1 aromatic carbocycles. The van der Waals surface area contributed by atoms with E-state index in [0.717, 1.165) is 5.56 Å². The van der Waals surface area contributed by atoms with E-state index in [1.165, 1.54) is 6.07 Å². The van der Waals surface area contributed by atoms with Crippen molar-refractivity contribution < 1.29 is 14.5 Å². The number of carbonyl (C=O) groups is 1. The van der Waals surface area contributed by atoms with Crippen LogP contribution in [-0.2, 0) is 9.53 Å². The van der Waals surface area contributed by atoms with Gasteiger partial charge in [-0.15, -0.1) is 0 Å². The van der Waals surface area contributed by atoms with Gasteiger partial charge in [0.05, 0.1) is 18.0 Å². The molecule has 0 radical (unpaired) electrons. The van der Waals surface area contributed by atoms with Gasteiger partial charge in [-0.1, -0.05) is 6.07 Å². The molecule has 0 aliphatic rings. The van der Waals surface area contributed by atoms with E-state index in [2.05, 4.69) is 0 Å². The van der Waals surface area contributed by atoms with Gasteiger partial charge >= 0.3 is 5.97 Å². The van der Waals surface area contributed by atoms with Crippen molar-refractivity contribution in [2.45, 2.75) is 20.3 Å². The normalized spacial score (nSPS) is 10.1. The van der Waals surface area contributed by atoms with E-state index in [1.807, 2.05) is 6.07 Å². The summed E-state index contributed by atoms with van der Waals surface area (Å²) in [4.78, 5) is 23.6. The lowest BCUT2D eigenvalue weighted by atomic mass is 10.2. The summed E-state index contributed by atoms with van der Waals surface area (Å²) >= 11 is 0. The third-order valence-electron chi connectivity index (χ3n) is 2.70. The maximum Gasteiger partial charge on any atom is 0.307 e. The van der Waals surface area contributed by atoms with Gasteiger partial charge in [0, 0.05) is 19.7 Å². The fraction of sp³-hybridized carbons (Fsp3) is 0.462. The van der Waals surface area contributed by atoms with Crippen LogP contribution in [0.5, 0.6) is 0 Å². The Morgan fingerprint density at radius 2 is 2.16 bits per heavy atom. The molecule has 0 N–H and O–H groups in total. The highest BCUT2D eigenvalue weighted by atomic mass is 16.6. The molecule has 0 fully saturated rings. The maximum atomic E-state index is 11.3. The van der Waals surface area contributed by atoms with E-state index in [1.54, 1.807) is 31.9 Å². The molecule has 0 saturated carbocycles. The third kappa shape index (κ3) is 4.24. The number of rotatable bonds is 6. The number of aryl methyl sites for hydroxylation is 1. The summed E-state index contributed by atoms with van der Waals surface area (Å²) in [6, 6.07) is 5.03. The minimum Gasteiger partial charge on any atom is -0.466 e. The number of nitro groups is 1. The minimum atomic E-state index is -0.413. The zero-order valence-electron chi connectivity index (χ0n) is 11.4. The molecule has 0 atom stereocenters. The van der Waals surface area contributed by atoms with Gasteiger partial charge in [0.1, 0.15) is 5.69 Å². The Kier molecular flexibility index (Phi) is 5.29. The van der Waals surface area contributed by atoms with Crippen LogP contribution in [0.25, 0.3) is 0 Å². The molecule has 0 aromatic heterocycles. The van der Waals surface area contributed by atoms with Gasteiger partial charge in [0.15, 0.2) is 0 Å². The highest BCUT2D eigenvalue weighted by Gasteiger charge is 2.17. The van der Waals surface area contributed by atoms with Crippen LogP contribution in [0.4, 0.5) is 11.4 Å². The van der Waals surface area contributed by atoms with Crippen LogP contribution < -0.4 is 4.90 Å². The molecular formula is C13H18N2O4. The van der Waals surface area contributed by atoms with Crippen LogP contribution in [0, 0.1) is 17.0 Å². The molecule has 0 spiro atoms. The zero-order chi connectivity index (χ0) is 14.4. The van der Waals surface area contributed by atoms with Gasteiger partial charge in [-0.05, 0) is 25.5 Å². The van der Waals surface area contributed by atoms with E-state index >= 15 is 0 Å². The van der Waals surface area contributed by atoms with Gasteiger partial charge < -0.3 is 9.64 Å². The third-order valence-corrected chi connectivity index (χ3v) is 2.70. The maximum absolute atomic E-state index is 11.3. The van der Waals surface area contributed by atoms with E-state index in [4.69, 9.17) is 4.74 Å². The summed E-state index contributed by atoms with van der Waals surface area (Å²) < 4.78 is 4.83. The highest BCUT2D eigenvalue weighted by Crippen LogP contribution is 2.28. The number of nitrogens with zero attached hydrogens (tertiary/aromatic N) is 2. The lowest BCUT2D eigenvalue weighted by Crippen LogP contribution is -2.22. The minimum absolute atomic E-state index is 0.0476. The lowest BCUT2D eigenvalue weighted by Gasteiger charge is -2.18. The average molecular weight is 266 g/mol. The van der Waals surface area contributed by atoms with Crippen molar-refractivity contribution in [1.82, 2.24) is 0 Å². The summed E-state index contributed by atoms with van der Waals surface area (Å²) in [5.74, 6) is -0.302. The summed E-state index contributed by atoms with van der Waals surface area (Å²) in [5, 5.41) is 11.0. The summed E-state index contributed by atoms with van der Waals surface area (Å²) in [7, 11) is 1.72. The average Bonchev–Trinajstić information content (AvgIpc) is 2.36. The molecule has 0 amide bonds. The number of hydrogen-bond donors (Lipinski definition) is 0. The van der Waals surface area contributed by atoms with Crippen LogP contribution in [0.2, 0.25) is 0 Å². The van der Waals surface area contributed by atoms with Crippen LogP contribution in [0.1, 0.15) is 18.9 Å². The first-order chi connectivity index (χ1) is 8.95. The second-order valence-corrected chi connectivity index (χ2v) is 4.23. The monoisotopic (exact) mass is 266 g/mol. The number of hydrogen-bond acceptors (Lipinski definition) is 5. The van der Waals surface area contributed by atoms with Crippen molar-refractivity contribution in [2.24, 2.45) is 0 Å². The molecule has 1 aromatic rings.